The molecule has 3 aliphatic rings. The number of carbonyl (C=O) groups excluding carboxylic acids is 4. The lowest BCUT2D eigenvalue weighted by Gasteiger charge is -2.22. The van der Waals surface area contributed by atoms with Crippen LogP contribution in [0.15, 0.2) is 78.0 Å². The van der Waals surface area contributed by atoms with Gasteiger partial charge in [0.15, 0.2) is 11.6 Å². The molecule has 7 rings (SSSR count). The van der Waals surface area contributed by atoms with Crippen LogP contribution in [-0.4, -0.2) is 88.7 Å². The third-order valence-corrected chi connectivity index (χ3v) is 11.4. The lowest BCUT2D eigenvalue weighted by atomic mass is 10.1. The van der Waals surface area contributed by atoms with Crippen molar-refractivity contribution in [2.24, 2.45) is 5.16 Å². The molecule has 14 nitrogen and oxygen atoms in total. The second-order valence-corrected chi connectivity index (χ2v) is 16.1. The van der Waals surface area contributed by atoms with Gasteiger partial charge in [-0.15, -0.1) is 22.7 Å². The van der Waals surface area contributed by atoms with Gasteiger partial charge in [-0.3, -0.25) is 19.4 Å². The van der Waals surface area contributed by atoms with E-state index in [1.807, 2.05) is 53.4 Å². The molecule has 56 heavy (non-hydrogen) atoms. The lowest BCUT2D eigenvalue weighted by molar-refractivity contribution is 0.0659. The summed E-state index contributed by atoms with van der Waals surface area (Å²) in [5.74, 6) is 0.0343. The molecule has 0 aliphatic carbocycles. The number of rotatable bonds is 16. The molecule has 0 saturated carbocycles. The van der Waals surface area contributed by atoms with Crippen LogP contribution in [0.4, 0.5) is 32.3 Å². The van der Waals surface area contributed by atoms with Crippen molar-refractivity contribution >= 4 is 98.7 Å². The summed E-state index contributed by atoms with van der Waals surface area (Å²) >= 11 is 14.3. The molecule has 0 bridgehead atoms. The van der Waals surface area contributed by atoms with Crippen LogP contribution in [0.1, 0.15) is 45.0 Å². The normalized spacial score (nSPS) is 17.6. The fourth-order valence-corrected chi connectivity index (χ4v) is 8.01. The minimum atomic E-state index is -0.391. The molecule has 0 spiro atoms. The average Bonchev–Trinajstić information content (AvgIpc) is 4.03. The molecule has 2 saturated heterocycles. The Morgan fingerprint density at radius 2 is 1.30 bits per heavy atom. The quantitative estimate of drug-likeness (QED) is 0.0640. The smallest absolute Gasteiger partial charge is 0.414 e. The van der Waals surface area contributed by atoms with Crippen LogP contribution < -0.4 is 25.5 Å². The molecular weight excluding hydrogens is 803 g/mol. The second kappa shape index (κ2) is 19.9. The van der Waals surface area contributed by atoms with E-state index in [-0.39, 0.29) is 29.9 Å². The van der Waals surface area contributed by atoms with Gasteiger partial charge in [0.1, 0.15) is 25.2 Å². The number of cyclic esters (lactones) is 2. The summed E-state index contributed by atoms with van der Waals surface area (Å²) in [5.41, 5.74) is 6.05. The van der Waals surface area contributed by atoms with Crippen LogP contribution in [0, 0.1) is 0 Å². The first kappa shape index (κ1) is 40.9. The van der Waals surface area contributed by atoms with E-state index in [0.717, 1.165) is 29.3 Å². The van der Waals surface area contributed by atoms with Gasteiger partial charge in [0.2, 0.25) is 0 Å². The highest BCUT2D eigenvalue weighted by Gasteiger charge is 2.34. The minimum Gasteiger partial charge on any atom is -0.444 e. The Hall–Kier alpha value is -4.71. The number of carbonyl (C=O) groups is 4. The Labute approximate surface area is 341 Å². The van der Waals surface area contributed by atoms with Gasteiger partial charge >= 0.3 is 12.2 Å². The number of oxime groups is 1. The zero-order valence-corrected chi connectivity index (χ0v) is 33.5. The zero-order valence-electron chi connectivity index (χ0n) is 30.4. The van der Waals surface area contributed by atoms with Crippen LogP contribution >= 0.6 is 45.9 Å². The highest BCUT2D eigenvalue weighted by Crippen LogP contribution is 2.29. The molecule has 2 aromatic carbocycles. The van der Waals surface area contributed by atoms with Crippen molar-refractivity contribution in [3.8, 4) is 0 Å². The van der Waals surface area contributed by atoms with Crippen molar-refractivity contribution in [2.75, 3.05) is 66.5 Å². The molecule has 18 heteroatoms. The van der Waals surface area contributed by atoms with Gasteiger partial charge < -0.3 is 29.4 Å². The summed E-state index contributed by atoms with van der Waals surface area (Å²) in [6, 6.07) is 22.0. The first-order valence-electron chi connectivity index (χ1n) is 17.8. The number of halogens is 2. The van der Waals surface area contributed by atoms with E-state index in [0.29, 0.717) is 77.0 Å². The maximum atomic E-state index is 12.2. The van der Waals surface area contributed by atoms with E-state index >= 15 is 0 Å². The van der Waals surface area contributed by atoms with Crippen LogP contribution in [0.2, 0.25) is 8.67 Å². The first-order chi connectivity index (χ1) is 27.2. The average molecular weight is 844 g/mol. The van der Waals surface area contributed by atoms with Crippen LogP contribution in [0.5, 0.6) is 0 Å². The number of Topliss-reactive ketones (excluding diaryl/α,β-unsaturated/α-hetero) is 2. The molecule has 0 unspecified atom stereocenters. The SMILES string of the molecule is CNOCCNc1ccc(N2C[C@H](CCC(=O)c3ccc(Cl)s3)OC2=O)cc1.O=C(CC[C@H]1CN(c2ccc(N3C=NOCC3)cc2)C(=O)O1)c1ccc(Cl)s1. The van der Waals surface area contributed by atoms with E-state index < -0.39 is 6.09 Å². The van der Waals surface area contributed by atoms with E-state index in [4.69, 9.17) is 42.4 Å². The third-order valence-electron chi connectivity index (χ3n) is 8.87. The molecule has 5 heterocycles. The number of amides is 2. The Morgan fingerprint density at radius 1 is 0.786 bits per heavy atom. The standard InChI is InChI=1S/C19H18ClN3O4S.C19H22ClN3O4S/c20-18-8-7-17(28-18)16(24)6-5-15-11-23(19(25)27-15)14-3-1-13(2-4-14)22-9-10-26-21-12-22;1-21-26-11-10-22-13-2-4-14(5-3-13)23-12-15(27-19(23)25)6-7-16(24)17-8-9-18(20)28-17/h1-4,7-8,12,15H,5-6,9-11H2;2-5,8-9,15,21-22H,6-7,10-12H2,1H3/t2*15-/m00/s1. The van der Waals surface area contributed by atoms with Gasteiger partial charge in [-0.2, -0.15) is 0 Å². The number of thiophene rings is 2. The van der Waals surface area contributed by atoms with Crippen molar-refractivity contribution < 1.29 is 38.3 Å². The largest absolute Gasteiger partial charge is 0.444 e. The molecule has 296 valence electrons. The number of nitrogens with zero attached hydrogens (tertiary/aromatic N) is 4. The van der Waals surface area contributed by atoms with E-state index in [9.17, 15) is 19.2 Å². The van der Waals surface area contributed by atoms with Crippen molar-refractivity contribution in [1.82, 2.24) is 5.48 Å². The molecule has 2 fully saturated rings. The summed E-state index contributed by atoms with van der Waals surface area (Å²) in [6.45, 7) is 3.32. The highest BCUT2D eigenvalue weighted by atomic mass is 35.5. The van der Waals surface area contributed by atoms with Gasteiger partial charge in [-0.25, -0.2) is 15.1 Å². The summed E-state index contributed by atoms with van der Waals surface area (Å²) in [4.78, 5) is 65.3. The summed E-state index contributed by atoms with van der Waals surface area (Å²) in [7, 11) is 1.71. The maximum Gasteiger partial charge on any atom is 0.414 e. The number of benzene rings is 2. The minimum absolute atomic E-state index is 0.0166. The monoisotopic (exact) mass is 842 g/mol. The number of ether oxygens (including phenoxy) is 2. The number of hydrogen-bond acceptors (Lipinski definition) is 14. The van der Waals surface area contributed by atoms with Crippen molar-refractivity contribution in [2.45, 2.75) is 37.9 Å². The van der Waals surface area contributed by atoms with E-state index in [2.05, 4.69) is 16.0 Å². The van der Waals surface area contributed by atoms with Gasteiger partial charge in [0, 0.05) is 49.2 Å². The van der Waals surface area contributed by atoms with Gasteiger partial charge in [0.25, 0.3) is 0 Å². The molecule has 2 aromatic heterocycles. The Bertz CT molecular complexity index is 1990. The maximum absolute atomic E-state index is 12.2. The Balaban J connectivity index is 0.000000190. The van der Waals surface area contributed by atoms with Crippen LogP contribution in [0.25, 0.3) is 0 Å². The third kappa shape index (κ3) is 11.2. The van der Waals surface area contributed by atoms with E-state index in [1.165, 1.54) is 22.7 Å². The van der Waals surface area contributed by atoms with E-state index in [1.54, 1.807) is 47.5 Å². The fourth-order valence-electron chi connectivity index (χ4n) is 5.99. The number of hydroxylamine groups is 1. The predicted molar refractivity (Wildman–Crippen MR) is 219 cm³/mol. The van der Waals surface area contributed by atoms with Gasteiger partial charge in [0.05, 0.1) is 44.7 Å². The molecule has 4 aromatic rings. The topological polar surface area (TPSA) is 151 Å². The van der Waals surface area contributed by atoms with Crippen molar-refractivity contribution in [3.63, 3.8) is 0 Å². The number of ketones is 2. The first-order valence-corrected chi connectivity index (χ1v) is 20.2. The molecule has 2 atom stereocenters. The van der Waals surface area contributed by atoms with Crippen molar-refractivity contribution in [3.05, 3.63) is 91.2 Å². The summed E-state index contributed by atoms with van der Waals surface area (Å²) in [5, 5.41) is 7.02. The molecule has 2 amide bonds. The van der Waals surface area contributed by atoms with Crippen LogP contribution in [-0.2, 0) is 19.1 Å². The zero-order chi connectivity index (χ0) is 39.4. The molecule has 3 aliphatic heterocycles. The number of nitrogens with one attached hydrogen (secondary N) is 2. The Kier molecular flexibility index (Phi) is 14.6. The van der Waals surface area contributed by atoms with Gasteiger partial charge in [-0.1, -0.05) is 28.4 Å². The highest BCUT2D eigenvalue weighted by molar-refractivity contribution is 7.18. The van der Waals surface area contributed by atoms with Crippen molar-refractivity contribution in [1.29, 1.82) is 0 Å². The van der Waals surface area contributed by atoms with Crippen LogP contribution in [0.3, 0.4) is 0 Å². The Morgan fingerprint density at radius 3 is 1.77 bits per heavy atom. The molecular formula is C38H40Cl2N6O8S2. The predicted octanol–water partition coefficient (Wildman–Crippen LogP) is 8.12. The summed E-state index contributed by atoms with van der Waals surface area (Å²) < 4.78 is 12.0. The number of anilines is 4. The fraction of sp³-hybridized carbons (Fsp3) is 0.342. The summed E-state index contributed by atoms with van der Waals surface area (Å²) in [6.07, 6.45) is 1.85. The molecule has 2 N–H and O–H groups in total. The van der Waals surface area contributed by atoms with Gasteiger partial charge in [-0.05, 0) is 85.6 Å². The molecule has 0 radical (unpaired) electrons. The number of hydrogen-bond donors (Lipinski definition) is 2. The lowest BCUT2D eigenvalue weighted by Crippen LogP contribution is -2.29. The second-order valence-electron chi connectivity index (χ2n) is 12.7.